The molecule has 13 atom stereocenters. The van der Waals surface area contributed by atoms with Gasteiger partial charge in [0, 0.05) is 80.6 Å². The summed E-state index contributed by atoms with van der Waals surface area (Å²) in [6.07, 6.45) is -8.33. The number of piperazine rings is 1. The van der Waals surface area contributed by atoms with E-state index in [4.69, 9.17) is 46.9 Å². The van der Waals surface area contributed by atoms with Crippen LogP contribution in [0.1, 0.15) is 117 Å². The fraction of sp³-hybridized carbons (Fsp3) is 0.277. The van der Waals surface area contributed by atoms with Crippen molar-refractivity contribution in [3.05, 3.63) is 259 Å². The van der Waals surface area contributed by atoms with E-state index < -0.39 is 210 Å². The van der Waals surface area contributed by atoms with E-state index in [0.717, 1.165) is 96.1 Å². The first-order valence-electron chi connectivity index (χ1n) is 41.6. The molecule has 8 aliphatic rings. The van der Waals surface area contributed by atoms with Crippen LogP contribution in [-0.2, 0) is 75.6 Å². The fourth-order valence-electron chi connectivity index (χ4n) is 16.8. The zero-order valence-corrected chi connectivity index (χ0v) is 70.6. The number of hydrogen-bond acceptors (Lipinski definition) is 25. The Morgan fingerprint density at radius 2 is 1.14 bits per heavy atom. The second-order valence-corrected chi connectivity index (χ2v) is 33.1. The Labute approximate surface area is 747 Å². The number of aryl methyl sites for hydroxylation is 1. The number of aliphatic hydroxyl groups excluding tert-OH is 3. The minimum atomic E-state index is -2.38. The quantitative estimate of drug-likeness (QED) is 0.0429. The molecule has 10 aromatic carbocycles. The number of carbonyl (C=O) groups is 8. The molecule has 18 rings (SSSR count). The highest BCUT2D eigenvalue weighted by Crippen LogP contribution is 2.51. The maximum Gasteiger partial charge on any atom is 0.335 e. The van der Waals surface area contributed by atoms with Gasteiger partial charge in [0.05, 0.1) is 21.7 Å². The molecule has 10 aromatic rings. The molecule has 0 unspecified atom stereocenters. The van der Waals surface area contributed by atoms with Gasteiger partial charge in [0.2, 0.25) is 47.5 Å². The highest BCUT2D eigenvalue weighted by atomic mass is 35.5. The summed E-state index contributed by atoms with van der Waals surface area (Å²) in [6, 6.07) is 31.5. The summed E-state index contributed by atoms with van der Waals surface area (Å²) in [5.74, 6) is -17.2. The Bertz CT molecular complexity index is 6010. The monoisotopic (exact) mass is 1800 g/mol. The summed E-state index contributed by atoms with van der Waals surface area (Å²) in [7, 11) is 1.45. The first kappa shape index (κ1) is 88.8. The lowest BCUT2D eigenvalue weighted by atomic mass is 9.88. The lowest BCUT2D eigenvalue weighted by Gasteiger charge is -2.41. The number of carboxylic acids is 2. The van der Waals surface area contributed by atoms with Gasteiger partial charge >= 0.3 is 11.9 Å². The van der Waals surface area contributed by atoms with Crippen LogP contribution >= 0.6 is 23.2 Å². The molecule has 33 nitrogen and oxygen atoms in total. The molecule has 2 saturated heterocycles. The number of amides is 6. The summed E-state index contributed by atoms with van der Waals surface area (Å²) in [6.45, 7) is 4.22. The Kier molecular flexibility index (Phi) is 26.0. The number of nitrogens with zero attached hydrogens (tertiary/aromatic N) is 2. The predicted molar refractivity (Wildman–Crippen MR) is 465 cm³/mol. The van der Waals surface area contributed by atoms with Crippen LogP contribution in [0.3, 0.4) is 0 Å². The number of fused-ring (bicyclic) bond motifs is 14. The molecule has 0 aromatic heterocycles. The van der Waals surface area contributed by atoms with Crippen LogP contribution in [0.15, 0.2) is 188 Å². The summed E-state index contributed by atoms with van der Waals surface area (Å²) in [5, 5.41) is 140. The second kappa shape index (κ2) is 37.8. The van der Waals surface area contributed by atoms with Crippen LogP contribution in [0.5, 0.6) is 69.0 Å². The number of benzene rings is 10. The lowest BCUT2D eigenvalue weighted by Crippen LogP contribution is -2.65. The SMILES string of the molecule is CCCCc1ccc(CN[C@H]2[C@H](Oc3c4cc5cc3Oc3ccc(cc3Cl)[C@@H](O)[C@@H]3NC(=O)[C@H](NC(=O)[C@@H]5NC(=O)[C@H]5NC(=O)[C@@H](Cc6ccc(cc6)O4)NC(=O)[C@H](NC)c4ccc(O)c(c4)Oc4cc(O)c(Cl)c5c4)c4ccc(O)c(c4)-c4c(cc(O)c(CN5CCN(Cc6ccc(-c7ccccc7)cc6)CC5)c4O)[C@@H](C(=O)O)NC3=O)O[C@H](C(=O)O)[C@@H](O)[C@@H]2O)cc1. The number of ether oxygens (including phenoxy) is 5. The third-order valence-electron chi connectivity index (χ3n) is 23.8. The molecule has 668 valence electrons. The van der Waals surface area contributed by atoms with Crippen LogP contribution in [0.25, 0.3) is 22.3 Å². The number of rotatable bonds is 16. The van der Waals surface area contributed by atoms with Gasteiger partial charge < -0.3 is 117 Å². The van der Waals surface area contributed by atoms with Crippen molar-refractivity contribution in [1.82, 2.24) is 52.3 Å². The molecular formula is C94H90Cl2N10O23. The summed E-state index contributed by atoms with van der Waals surface area (Å²) in [4.78, 5) is 127. The zero-order chi connectivity index (χ0) is 90.9. The molecule has 6 amide bonds. The maximum absolute atomic E-state index is 16.8. The Morgan fingerprint density at radius 3 is 1.83 bits per heavy atom. The van der Waals surface area contributed by atoms with Crippen LogP contribution in [0, 0.1) is 0 Å². The van der Waals surface area contributed by atoms with Gasteiger partial charge in [-0.15, -0.1) is 0 Å². The Balaban J connectivity index is 0.864. The number of phenols is 5. The van der Waals surface area contributed by atoms with E-state index in [0.29, 0.717) is 43.9 Å². The molecule has 0 radical (unpaired) electrons. The Hall–Kier alpha value is -13.6. The first-order valence-corrected chi connectivity index (χ1v) is 42.4. The minimum Gasteiger partial charge on any atom is -0.507 e. The summed E-state index contributed by atoms with van der Waals surface area (Å²) >= 11 is 14.3. The van der Waals surface area contributed by atoms with Crippen LogP contribution in [0.2, 0.25) is 10.0 Å². The molecule has 18 N–H and O–H groups in total. The van der Waals surface area contributed by atoms with Crippen molar-refractivity contribution in [2.75, 3.05) is 33.2 Å². The van der Waals surface area contributed by atoms with Gasteiger partial charge in [-0.3, -0.25) is 38.6 Å². The number of likely N-dealkylation sites (N-methyl/N-ethyl adjacent to an activating group) is 1. The number of carboxylic acid groups (broad SMARTS) is 2. The van der Waals surface area contributed by atoms with Crippen molar-refractivity contribution in [3.8, 4) is 91.2 Å². The van der Waals surface area contributed by atoms with E-state index >= 15 is 24.0 Å². The molecule has 129 heavy (non-hydrogen) atoms. The van der Waals surface area contributed by atoms with Crippen molar-refractivity contribution < 1.29 is 113 Å². The van der Waals surface area contributed by atoms with Gasteiger partial charge in [0.25, 0.3) is 0 Å². The number of hydrogen-bond donors (Lipinski definition) is 18. The van der Waals surface area contributed by atoms with Crippen LogP contribution in [-0.4, -0.2) is 184 Å². The number of aliphatic hydroxyl groups is 3. The third-order valence-corrected chi connectivity index (χ3v) is 24.5. The van der Waals surface area contributed by atoms with E-state index in [1.54, 1.807) is 0 Å². The van der Waals surface area contributed by atoms with Crippen molar-refractivity contribution in [3.63, 3.8) is 0 Å². The van der Waals surface area contributed by atoms with Gasteiger partial charge in [0.15, 0.2) is 35.1 Å². The topological polar surface area (TPSA) is 488 Å². The molecule has 0 saturated carbocycles. The number of aromatic hydroxyl groups is 5. The van der Waals surface area contributed by atoms with Crippen LogP contribution in [0.4, 0.5) is 0 Å². The van der Waals surface area contributed by atoms with E-state index in [1.807, 2.05) is 71.6 Å². The van der Waals surface area contributed by atoms with Crippen LogP contribution < -0.4 is 61.5 Å². The predicted octanol–water partition coefficient (Wildman–Crippen LogP) is 8.94. The van der Waals surface area contributed by atoms with Gasteiger partial charge in [-0.25, -0.2) is 9.59 Å². The van der Waals surface area contributed by atoms with Gasteiger partial charge in [-0.2, -0.15) is 0 Å². The van der Waals surface area contributed by atoms with Crippen molar-refractivity contribution >= 4 is 70.6 Å². The van der Waals surface area contributed by atoms with E-state index in [1.165, 1.54) is 61.6 Å². The highest BCUT2D eigenvalue weighted by molar-refractivity contribution is 6.33. The smallest absolute Gasteiger partial charge is 0.335 e. The normalized spacial score (nSPS) is 23.1. The molecule has 8 heterocycles. The van der Waals surface area contributed by atoms with E-state index in [-0.39, 0.29) is 64.8 Å². The molecule has 2 fully saturated rings. The standard InChI is InChI=1S/C94H90Cl2N10O23/c1-3-4-8-45-11-13-47(14-12-45)42-98-79-82(113)83(114)85(93(123)124)129-94(79)128-84-69-37-54-38-70(84)127-67-28-23-53(35-61(67)95)80(111)78-91(120)103-77(92(121)122)58-41-65(109)60(44-106-31-29-105(30-32-106)43-48-15-19-50(20-16-48)49-9-6-5-7-10-49)81(112)71(58)57-34-51(21-26-63(57)107)74(88(117)104-78)100-89(118)75(54)101-90(119)76-59-39-56(40-66(110)72(59)96)126-68-36-52(22-27-64(68)108)73(97-2)87(116)99-62(86(115)102-76)33-46-17-24-55(125-69)25-18-46/h5-7,9-28,34-41,62,73-80,82-83,85,94,97-98,107-114H,3-4,8,29-33,42-44H2,1-2H3,(H,99,116)(H,100,118)(H,101,119)(H,102,115)(H,103,120)(H,104,117)(H,121,122)(H,123,124)/t62-,73-,74-,75-,76+,77+,78+,79-,80-,82-,83+,85+,94-/m1/s1. The third kappa shape index (κ3) is 18.9. The number of carbonyl (C=O) groups excluding carboxylic acids is 6. The second-order valence-electron chi connectivity index (χ2n) is 32.3. The largest absolute Gasteiger partial charge is 0.507 e. The summed E-state index contributed by atoms with van der Waals surface area (Å²) in [5.41, 5.74) is 2.23. The maximum atomic E-state index is 16.8. The van der Waals surface area contributed by atoms with Gasteiger partial charge in [0.1, 0.15) is 94.8 Å². The minimum absolute atomic E-state index is 0.0619. The summed E-state index contributed by atoms with van der Waals surface area (Å²) < 4.78 is 32.8. The Morgan fingerprint density at radius 1 is 0.519 bits per heavy atom. The highest BCUT2D eigenvalue weighted by Gasteiger charge is 2.50. The van der Waals surface area contributed by atoms with Crippen molar-refractivity contribution in [1.29, 1.82) is 0 Å². The molecule has 35 heteroatoms. The zero-order valence-electron chi connectivity index (χ0n) is 69.1. The van der Waals surface area contributed by atoms with Gasteiger partial charge in [-0.1, -0.05) is 146 Å². The molecule has 0 aliphatic carbocycles. The number of phenolic OH excluding ortho intramolecular Hbond substituents is 5. The molecule has 17 bridgehead atoms. The fourth-order valence-corrected chi connectivity index (χ4v) is 17.2. The number of aliphatic carboxylic acids is 2. The van der Waals surface area contributed by atoms with E-state index in [2.05, 4.69) is 66.5 Å². The van der Waals surface area contributed by atoms with Crippen molar-refractivity contribution in [2.24, 2.45) is 0 Å². The molecule has 8 aliphatic heterocycles. The average molecular weight is 1800 g/mol. The number of unbranched alkanes of at least 4 members (excludes halogenated alkanes) is 1. The molecular weight excluding hydrogens is 1710 g/mol. The van der Waals surface area contributed by atoms with Crippen molar-refractivity contribution in [2.45, 2.75) is 131 Å². The number of nitrogens with one attached hydrogen (secondary N) is 8. The first-order chi connectivity index (χ1) is 62.0. The van der Waals surface area contributed by atoms with E-state index in [9.17, 15) is 65.4 Å². The van der Waals surface area contributed by atoms with Gasteiger partial charge in [-0.05, 0) is 148 Å². The molecule has 0 spiro atoms. The lowest BCUT2D eigenvalue weighted by molar-refractivity contribution is -0.241. The number of halogens is 2. The average Bonchev–Trinajstić information content (AvgIpc) is 0.753.